The molecule has 0 unspecified atom stereocenters. The molecule has 1 aromatic carbocycles. The van der Waals surface area contributed by atoms with Gasteiger partial charge in [-0.25, -0.2) is 4.68 Å². The van der Waals surface area contributed by atoms with Crippen molar-refractivity contribution in [2.24, 2.45) is 0 Å². The van der Waals surface area contributed by atoms with Gasteiger partial charge in [-0.3, -0.25) is 9.69 Å². The number of halogens is 3. The molecule has 1 aliphatic heterocycles. The maximum Gasteiger partial charge on any atom is 0.416 e. The van der Waals surface area contributed by atoms with Crippen molar-refractivity contribution >= 4 is 5.91 Å². The van der Waals surface area contributed by atoms with E-state index in [9.17, 15) is 18.0 Å². The van der Waals surface area contributed by atoms with Crippen LogP contribution in [0.1, 0.15) is 46.9 Å². The van der Waals surface area contributed by atoms with Gasteiger partial charge in [0.2, 0.25) is 0 Å². The molecule has 0 saturated carbocycles. The van der Waals surface area contributed by atoms with Gasteiger partial charge >= 0.3 is 6.18 Å². The maximum atomic E-state index is 12.7. The number of carbonyl (C=O) groups excluding carboxylic acids is 1. The number of alkyl halides is 3. The van der Waals surface area contributed by atoms with Crippen molar-refractivity contribution in [1.82, 2.24) is 25.2 Å². The number of rotatable bonds is 7. The van der Waals surface area contributed by atoms with Gasteiger partial charge in [-0.1, -0.05) is 17.3 Å². The van der Waals surface area contributed by atoms with Crippen LogP contribution in [-0.2, 0) is 12.7 Å². The van der Waals surface area contributed by atoms with Gasteiger partial charge in [0, 0.05) is 26.2 Å². The molecular formula is C19H24F3N5O2. The third-order valence-electron chi connectivity index (χ3n) is 4.91. The molecule has 2 aromatic rings. The summed E-state index contributed by atoms with van der Waals surface area (Å²) in [7, 11) is 0. The third-order valence-corrected chi connectivity index (χ3v) is 4.91. The number of likely N-dealkylation sites (tertiary alicyclic amines) is 1. The van der Waals surface area contributed by atoms with E-state index in [2.05, 4.69) is 20.5 Å². The molecule has 0 spiro atoms. The van der Waals surface area contributed by atoms with Gasteiger partial charge in [0.25, 0.3) is 5.91 Å². The Labute approximate surface area is 166 Å². The zero-order valence-electron chi connectivity index (χ0n) is 15.9. The van der Waals surface area contributed by atoms with Crippen molar-refractivity contribution in [2.45, 2.75) is 38.0 Å². The lowest BCUT2D eigenvalue weighted by atomic mass is 10.0. The number of amides is 1. The molecule has 10 heteroatoms. The average molecular weight is 411 g/mol. The average Bonchev–Trinajstić information content (AvgIpc) is 3.18. The quantitative estimate of drug-likeness (QED) is 0.683. The lowest BCUT2D eigenvalue weighted by Gasteiger charge is -2.32. The fourth-order valence-electron chi connectivity index (χ4n) is 3.38. The van der Waals surface area contributed by atoms with Crippen LogP contribution in [0.3, 0.4) is 0 Å². The predicted molar refractivity (Wildman–Crippen MR) is 99.1 cm³/mol. The molecule has 158 valence electrons. The van der Waals surface area contributed by atoms with Crippen LogP contribution in [0.25, 0.3) is 0 Å². The number of benzene rings is 1. The second-order valence-corrected chi connectivity index (χ2v) is 7.14. The van der Waals surface area contributed by atoms with Crippen molar-refractivity contribution in [3.05, 3.63) is 47.3 Å². The first kappa shape index (κ1) is 21.3. The van der Waals surface area contributed by atoms with Crippen molar-refractivity contribution in [2.75, 3.05) is 26.2 Å². The molecule has 3 rings (SSSR count). The molecule has 1 saturated heterocycles. The van der Waals surface area contributed by atoms with Gasteiger partial charge in [-0.05, 0) is 43.5 Å². The summed E-state index contributed by atoms with van der Waals surface area (Å²) in [6.07, 6.45) is -0.437. The van der Waals surface area contributed by atoms with Gasteiger partial charge in [0.05, 0.1) is 17.8 Å². The number of piperidine rings is 1. The fourth-order valence-corrected chi connectivity index (χ4v) is 3.38. The van der Waals surface area contributed by atoms with Gasteiger partial charge in [-0.15, -0.1) is 5.10 Å². The highest BCUT2D eigenvalue weighted by atomic mass is 19.4. The zero-order chi connectivity index (χ0) is 20.9. The predicted octanol–water partition coefficient (Wildman–Crippen LogP) is 2.25. The second kappa shape index (κ2) is 9.36. The summed E-state index contributed by atoms with van der Waals surface area (Å²) in [4.78, 5) is 14.2. The first-order valence-electron chi connectivity index (χ1n) is 9.56. The maximum absolute atomic E-state index is 12.7. The summed E-state index contributed by atoms with van der Waals surface area (Å²) in [6, 6.07) is 5.28. The van der Waals surface area contributed by atoms with E-state index < -0.39 is 11.7 Å². The zero-order valence-corrected chi connectivity index (χ0v) is 15.9. The van der Waals surface area contributed by atoms with E-state index in [4.69, 9.17) is 5.11 Å². The molecule has 1 aliphatic rings. The van der Waals surface area contributed by atoms with E-state index in [-0.39, 0.29) is 24.2 Å². The van der Waals surface area contributed by atoms with Crippen molar-refractivity contribution in [3.8, 4) is 0 Å². The second-order valence-electron chi connectivity index (χ2n) is 7.14. The van der Waals surface area contributed by atoms with E-state index in [0.29, 0.717) is 26.1 Å². The van der Waals surface area contributed by atoms with Crippen LogP contribution in [0.5, 0.6) is 0 Å². The van der Waals surface area contributed by atoms with Crippen molar-refractivity contribution in [1.29, 1.82) is 0 Å². The number of hydrogen-bond donors (Lipinski definition) is 2. The third kappa shape index (κ3) is 5.77. The Morgan fingerprint density at radius 3 is 2.72 bits per heavy atom. The Morgan fingerprint density at radius 2 is 2.03 bits per heavy atom. The summed E-state index contributed by atoms with van der Waals surface area (Å²) >= 11 is 0. The minimum Gasteiger partial charge on any atom is -0.396 e. The molecule has 0 radical (unpaired) electrons. The summed E-state index contributed by atoms with van der Waals surface area (Å²) in [5.74, 6) is -0.331. The Kier molecular flexibility index (Phi) is 6.86. The number of carbonyl (C=O) groups is 1. The standard InChI is InChI=1S/C19H24F3N5O2/c20-19(21,22)15-6-4-14(5-7-15)11-26-9-1-3-16(12-26)27-13-17(24-25-27)18(29)23-8-2-10-28/h4-7,13,16,28H,1-3,8-12H2,(H,23,29)/t16-/m1/s1. The fraction of sp³-hybridized carbons (Fsp3) is 0.526. The molecule has 0 aliphatic carbocycles. The highest BCUT2D eigenvalue weighted by Gasteiger charge is 2.30. The largest absolute Gasteiger partial charge is 0.416 e. The van der Waals surface area contributed by atoms with Crippen LogP contribution in [0, 0.1) is 0 Å². The molecule has 1 amide bonds. The number of hydrogen-bond acceptors (Lipinski definition) is 5. The van der Waals surface area contributed by atoms with Crippen LogP contribution in [0.4, 0.5) is 13.2 Å². The number of aliphatic hydroxyl groups is 1. The molecule has 1 fully saturated rings. The van der Waals surface area contributed by atoms with Crippen LogP contribution >= 0.6 is 0 Å². The van der Waals surface area contributed by atoms with Crippen LogP contribution in [-0.4, -0.2) is 57.1 Å². The Hall–Kier alpha value is -2.46. The molecule has 1 atom stereocenters. The minimum absolute atomic E-state index is 0.00378. The van der Waals surface area contributed by atoms with Crippen molar-refractivity contribution in [3.63, 3.8) is 0 Å². The number of aromatic nitrogens is 3. The smallest absolute Gasteiger partial charge is 0.396 e. The van der Waals surface area contributed by atoms with Gasteiger partial charge in [0.15, 0.2) is 5.69 Å². The van der Waals surface area contributed by atoms with Gasteiger partial charge in [-0.2, -0.15) is 13.2 Å². The summed E-state index contributed by atoms with van der Waals surface area (Å²) < 4.78 is 39.8. The highest BCUT2D eigenvalue weighted by molar-refractivity contribution is 5.91. The Balaban J connectivity index is 1.57. The van der Waals surface area contributed by atoms with Gasteiger partial charge in [0.1, 0.15) is 0 Å². The van der Waals surface area contributed by atoms with Crippen LogP contribution in [0.2, 0.25) is 0 Å². The molecule has 7 nitrogen and oxygen atoms in total. The molecule has 2 heterocycles. The molecule has 29 heavy (non-hydrogen) atoms. The summed E-state index contributed by atoms with van der Waals surface area (Å²) in [5.41, 5.74) is 0.397. The monoisotopic (exact) mass is 411 g/mol. The van der Waals surface area contributed by atoms with Crippen LogP contribution < -0.4 is 5.32 Å². The summed E-state index contributed by atoms with van der Waals surface area (Å²) in [6.45, 7) is 2.45. The first-order chi connectivity index (χ1) is 13.9. The Bertz CT molecular complexity index is 807. The highest BCUT2D eigenvalue weighted by Crippen LogP contribution is 2.29. The minimum atomic E-state index is -4.33. The lowest BCUT2D eigenvalue weighted by molar-refractivity contribution is -0.137. The molecule has 1 aromatic heterocycles. The van der Waals surface area contributed by atoms with E-state index >= 15 is 0 Å². The number of nitrogens with zero attached hydrogens (tertiary/aromatic N) is 4. The van der Waals surface area contributed by atoms with E-state index in [1.807, 2.05) is 0 Å². The normalized spacial score (nSPS) is 18.0. The van der Waals surface area contributed by atoms with Crippen molar-refractivity contribution < 1.29 is 23.1 Å². The Morgan fingerprint density at radius 1 is 1.28 bits per heavy atom. The molecule has 0 bridgehead atoms. The summed E-state index contributed by atoms with van der Waals surface area (Å²) in [5, 5.41) is 19.4. The molecule has 2 N–H and O–H groups in total. The van der Waals surface area contributed by atoms with E-state index in [1.54, 1.807) is 10.9 Å². The van der Waals surface area contributed by atoms with Gasteiger partial charge < -0.3 is 10.4 Å². The first-order valence-corrected chi connectivity index (χ1v) is 9.56. The number of nitrogens with one attached hydrogen (secondary N) is 1. The number of aliphatic hydroxyl groups excluding tert-OH is 1. The topological polar surface area (TPSA) is 83.3 Å². The van der Waals surface area contributed by atoms with E-state index in [0.717, 1.165) is 37.1 Å². The van der Waals surface area contributed by atoms with E-state index in [1.165, 1.54) is 12.1 Å². The molecular weight excluding hydrogens is 387 g/mol. The SMILES string of the molecule is O=C(NCCCO)c1cn([C@@H]2CCCN(Cc3ccc(C(F)(F)F)cc3)C2)nn1. The lowest BCUT2D eigenvalue weighted by Crippen LogP contribution is -2.36. The van der Waals surface area contributed by atoms with Crippen LogP contribution in [0.15, 0.2) is 30.5 Å².